The first-order valence-electron chi connectivity index (χ1n) is 6.26. The van der Waals surface area contributed by atoms with E-state index in [0.29, 0.717) is 0 Å². The fourth-order valence-corrected chi connectivity index (χ4v) is 2.94. The zero-order valence-electron chi connectivity index (χ0n) is 10.9. The van der Waals surface area contributed by atoms with Gasteiger partial charge in [-0.2, -0.15) is 0 Å². The lowest BCUT2D eigenvalue weighted by Crippen LogP contribution is -1.89. The van der Waals surface area contributed by atoms with Crippen molar-refractivity contribution in [2.45, 2.75) is 6.92 Å². The van der Waals surface area contributed by atoms with Gasteiger partial charge in [0.05, 0.1) is 5.69 Å². The summed E-state index contributed by atoms with van der Waals surface area (Å²) >= 11 is 3.93. The highest BCUT2D eigenvalue weighted by molar-refractivity contribution is 14.1. The minimum absolute atomic E-state index is 0.919. The molecule has 1 aromatic heterocycles. The van der Waals surface area contributed by atoms with Gasteiger partial charge in [-0.1, -0.05) is 29.8 Å². The molecular weight excluding hydrogens is 379 g/mol. The molecule has 0 saturated heterocycles. The van der Waals surface area contributed by atoms with Crippen LogP contribution in [0.2, 0.25) is 0 Å². The van der Waals surface area contributed by atoms with Crippen LogP contribution in [-0.4, -0.2) is 4.98 Å². The van der Waals surface area contributed by atoms with E-state index in [4.69, 9.17) is 0 Å². The molecule has 1 N–H and O–H groups in total. The van der Waals surface area contributed by atoms with Crippen molar-refractivity contribution in [3.05, 3.63) is 63.0 Å². The van der Waals surface area contributed by atoms with Gasteiger partial charge in [0.25, 0.3) is 0 Å². The molecule has 0 amide bonds. The summed E-state index contributed by atoms with van der Waals surface area (Å²) in [6.45, 7) is 2.09. The summed E-state index contributed by atoms with van der Waals surface area (Å²) in [5.41, 5.74) is 4.49. The topological polar surface area (TPSA) is 24.9 Å². The molecule has 100 valence electrons. The first kappa shape index (κ1) is 13.6. The first-order chi connectivity index (χ1) is 9.70. The molecule has 0 fully saturated rings. The Labute approximate surface area is 136 Å². The number of halogens is 1. The lowest BCUT2D eigenvalue weighted by atomic mass is 10.2. The molecule has 2 aromatic carbocycles. The molecule has 0 unspecified atom stereocenters. The Morgan fingerprint density at radius 3 is 2.40 bits per heavy atom. The molecule has 0 saturated carbocycles. The molecule has 1 heterocycles. The van der Waals surface area contributed by atoms with Crippen molar-refractivity contribution in [2.24, 2.45) is 0 Å². The molecular formula is C16H13IN2S. The van der Waals surface area contributed by atoms with Crippen molar-refractivity contribution >= 4 is 44.7 Å². The highest BCUT2D eigenvalue weighted by Gasteiger charge is 2.04. The predicted octanol–water partition coefficient (Wildman–Crippen LogP) is 5.47. The molecule has 0 aliphatic carbocycles. The van der Waals surface area contributed by atoms with E-state index in [-0.39, 0.29) is 0 Å². The molecule has 0 atom stereocenters. The van der Waals surface area contributed by atoms with Crippen LogP contribution >= 0.6 is 33.9 Å². The lowest BCUT2D eigenvalue weighted by Gasteiger charge is -2.02. The number of rotatable bonds is 3. The minimum Gasteiger partial charge on any atom is -0.332 e. The molecule has 0 aliphatic rings. The third-order valence-electron chi connectivity index (χ3n) is 2.95. The van der Waals surface area contributed by atoms with E-state index < -0.39 is 0 Å². The van der Waals surface area contributed by atoms with Gasteiger partial charge in [0.2, 0.25) is 0 Å². The van der Waals surface area contributed by atoms with E-state index >= 15 is 0 Å². The van der Waals surface area contributed by atoms with Crippen molar-refractivity contribution < 1.29 is 0 Å². The second kappa shape index (κ2) is 5.93. The minimum atomic E-state index is 0.919. The maximum Gasteiger partial charge on any atom is 0.187 e. The van der Waals surface area contributed by atoms with Crippen LogP contribution in [-0.2, 0) is 0 Å². The maximum absolute atomic E-state index is 4.63. The van der Waals surface area contributed by atoms with Crippen molar-refractivity contribution in [2.75, 3.05) is 5.32 Å². The highest BCUT2D eigenvalue weighted by Crippen LogP contribution is 2.27. The van der Waals surface area contributed by atoms with Crippen LogP contribution in [0.15, 0.2) is 53.9 Å². The van der Waals surface area contributed by atoms with Gasteiger partial charge < -0.3 is 5.32 Å². The van der Waals surface area contributed by atoms with E-state index in [2.05, 4.69) is 93.7 Å². The van der Waals surface area contributed by atoms with Crippen LogP contribution in [0, 0.1) is 10.5 Å². The van der Waals surface area contributed by atoms with Gasteiger partial charge in [-0.15, -0.1) is 11.3 Å². The standard InChI is InChI=1S/C16H13IN2S/c1-11-2-8-14(9-3-11)18-16-19-15(10-20-16)12-4-6-13(17)7-5-12/h2-10H,1H3,(H,18,19). The van der Waals surface area contributed by atoms with Gasteiger partial charge in [0.15, 0.2) is 5.13 Å². The number of aromatic nitrogens is 1. The number of hydrogen-bond donors (Lipinski definition) is 1. The van der Waals surface area contributed by atoms with Gasteiger partial charge >= 0.3 is 0 Å². The summed E-state index contributed by atoms with van der Waals surface area (Å²) < 4.78 is 1.24. The molecule has 20 heavy (non-hydrogen) atoms. The third kappa shape index (κ3) is 3.19. The number of aryl methyl sites for hydroxylation is 1. The molecule has 0 bridgehead atoms. The zero-order chi connectivity index (χ0) is 13.9. The Kier molecular flexibility index (Phi) is 4.03. The van der Waals surface area contributed by atoms with Crippen molar-refractivity contribution in [3.63, 3.8) is 0 Å². The highest BCUT2D eigenvalue weighted by atomic mass is 127. The van der Waals surface area contributed by atoms with E-state index in [9.17, 15) is 0 Å². The van der Waals surface area contributed by atoms with Crippen molar-refractivity contribution in [1.82, 2.24) is 4.98 Å². The average molecular weight is 392 g/mol. The fraction of sp³-hybridized carbons (Fsp3) is 0.0625. The van der Waals surface area contributed by atoms with Crippen LogP contribution in [0.5, 0.6) is 0 Å². The number of nitrogens with one attached hydrogen (secondary N) is 1. The van der Waals surface area contributed by atoms with E-state index in [1.54, 1.807) is 11.3 Å². The second-order valence-electron chi connectivity index (χ2n) is 4.54. The van der Waals surface area contributed by atoms with Crippen molar-refractivity contribution in [3.8, 4) is 11.3 Å². The number of thiazole rings is 1. The summed E-state index contributed by atoms with van der Waals surface area (Å²) in [6, 6.07) is 16.7. The Morgan fingerprint density at radius 2 is 1.70 bits per heavy atom. The smallest absolute Gasteiger partial charge is 0.187 e. The quantitative estimate of drug-likeness (QED) is 0.599. The van der Waals surface area contributed by atoms with Gasteiger partial charge in [0.1, 0.15) is 0 Å². The molecule has 2 nitrogen and oxygen atoms in total. The Morgan fingerprint density at radius 1 is 1.00 bits per heavy atom. The molecule has 0 aliphatic heterocycles. The van der Waals surface area contributed by atoms with Crippen LogP contribution in [0.1, 0.15) is 5.56 Å². The van der Waals surface area contributed by atoms with Gasteiger partial charge in [0, 0.05) is 20.2 Å². The summed E-state index contributed by atoms with van der Waals surface area (Å²) in [5.74, 6) is 0. The zero-order valence-corrected chi connectivity index (χ0v) is 13.9. The first-order valence-corrected chi connectivity index (χ1v) is 8.22. The van der Waals surface area contributed by atoms with E-state index in [1.807, 2.05) is 0 Å². The van der Waals surface area contributed by atoms with Crippen LogP contribution in [0.3, 0.4) is 0 Å². The average Bonchev–Trinajstić information content (AvgIpc) is 2.91. The van der Waals surface area contributed by atoms with Gasteiger partial charge in [-0.05, 0) is 53.8 Å². The number of anilines is 2. The monoisotopic (exact) mass is 392 g/mol. The normalized spacial score (nSPS) is 10.5. The molecule has 0 radical (unpaired) electrons. The van der Waals surface area contributed by atoms with Crippen LogP contribution in [0.25, 0.3) is 11.3 Å². The van der Waals surface area contributed by atoms with Gasteiger partial charge in [-0.25, -0.2) is 4.98 Å². The maximum atomic E-state index is 4.63. The second-order valence-corrected chi connectivity index (χ2v) is 6.64. The Hall–Kier alpha value is -1.40. The third-order valence-corrected chi connectivity index (χ3v) is 4.42. The van der Waals surface area contributed by atoms with E-state index in [0.717, 1.165) is 22.1 Å². The summed E-state index contributed by atoms with van der Waals surface area (Å²) in [6.07, 6.45) is 0. The summed E-state index contributed by atoms with van der Waals surface area (Å²) in [5, 5.41) is 6.34. The van der Waals surface area contributed by atoms with Crippen LogP contribution < -0.4 is 5.32 Å². The molecule has 3 rings (SSSR count). The van der Waals surface area contributed by atoms with Crippen molar-refractivity contribution in [1.29, 1.82) is 0 Å². The fourth-order valence-electron chi connectivity index (χ4n) is 1.84. The molecule has 3 aromatic rings. The lowest BCUT2D eigenvalue weighted by molar-refractivity contribution is 1.37. The largest absolute Gasteiger partial charge is 0.332 e. The number of nitrogens with zero attached hydrogens (tertiary/aromatic N) is 1. The SMILES string of the molecule is Cc1ccc(Nc2nc(-c3ccc(I)cc3)cs2)cc1. The molecule has 4 heteroatoms. The summed E-state index contributed by atoms with van der Waals surface area (Å²) in [7, 11) is 0. The number of benzene rings is 2. The van der Waals surface area contributed by atoms with Gasteiger partial charge in [-0.3, -0.25) is 0 Å². The number of hydrogen-bond acceptors (Lipinski definition) is 3. The predicted molar refractivity (Wildman–Crippen MR) is 94.7 cm³/mol. The summed E-state index contributed by atoms with van der Waals surface area (Å²) in [4.78, 5) is 4.63. The van der Waals surface area contributed by atoms with Crippen LogP contribution in [0.4, 0.5) is 10.8 Å². The van der Waals surface area contributed by atoms with E-state index in [1.165, 1.54) is 9.13 Å². The Balaban J connectivity index is 1.80. The Bertz CT molecular complexity index is 702. The molecule has 0 spiro atoms.